The fourth-order valence-electron chi connectivity index (χ4n) is 3.56. The topological polar surface area (TPSA) is 38.7 Å². The molecule has 3 nitrogen and oxygen atoms in total. The molecule has 0 saturated carbocycles. The standard InChI is InChI=1S/C26H18F17NO2/c27-19(28,20(29,30)21(31,32)22(33,34)23(35,36)24(37,38)25(39,40)26(41,42)43)12-7-13-46-17(45)14-44-18(15-8-3-1-4-9-15)16-10-5-2-6-11-16/h1-6,8-11H,7,12-14H2. The lowest BCUT2D eigenvalue weighted by Crippen LogP contribution is -2.74. The van der Waals surface area contributed by atoms with Gasteiger partial charge in [0.2, 0.25) is 0 Å². The van der Waals surface area contributed by atoms with Crippen LogP contribution in [0.3, 0.4) is 0 Å². The quantitative estimate of drug-likeness (QED) is 0.0856. The van der Waals surface area contributed by atoms with Gasteiger partial charge in [0, 0.05) is 17.5 Å². The van der Waals surface area contributed by atoms with E-state index in [9.17, 15) is 79.4 Å². The highest BCUT2D eigenvalue weighted by Gasteiger charge is 2.95. The van der Waals surface area contributed by atoms with Gasteiger partial charge in [0.05, 0.1) is 12.3 Å². The minimum atomic E-state index is -8.68. The maximum atomic E-state index is 14.0. The monoisotopic (exact) mass is 699 g/mol. The Morgan fingerprint density at radius 1 is 0.543 bits per heavy atom. The second-order valence-corrected chi connectivity index (χ2v) is 9.37. The molecule has 0 fully saturated rings. The minimum Gasteiger partial charge on any atom is -0.464 e. The van der Waals surface area contributed by atoms with Crippen LogP contribution in [0.2, 0.25) is 0 Å². The highest BCUT2D eigenvalue weighted by atomic mass is 19.4. The van der Waals surface area contributed by atoms with Crippen LogP contribution in [0.4, 0.5) is 74.6 Å². The Balaban J connectivity index is 2.17. The van der Waals surface area contributed by atoms with Crippen molar-refractivity contribution in [1.82, 2.24) is 0 Å². The molecule has 2 aromatic rings. The summed E-state index contributed by atoms with van der Waals surface area (Å²) in [5, 5.41) is 0. The van der Waals surface area contributed by atoms with E-state index in [2.05, 4.69) is 9.73 Å². The Kier molecular flexibility index (Phi) is 10.8. The lowest BCUT2D eigenvalue weighted by Gasteiger charge is -2.42. The average Bonchev–Trinajstić information content (AvgIpc) is 2.95. The smallest absolute Gasteiger partial charge is 0.460 e. The van der Waals surface area contributed by atoms with Crippen LogP contribution in [0.5, 0.6) is 0 Å². The summed E-state index contributed by atoms with van der Waals surface area (Å²) >= 11 is 0. The normalized spacial score (nSPS) is 14.2. The van der Waals surface area contributed by atoms with Crippen molar-refractivity contribution in [1.29, 1.82) is 0 Å². The summed E-state index contributed by atoms with van der Waals surface area (Å²) < 4.78 is 231. The van der Waals surface area contributed by atoms with E-state index in [1.54, 1.807) is 60.7 Å². The third-order valence-corrected chi connectivity index (χ3v) is 6.15. The summed E-state index contributed by atoms with van der Waals surface area (Å²) in [6.07, 6.45) is -12.1. The molecule has 0 aromatic heterocycles. The fraction of sp³-hybridized carbons (Fsp3) is 0.462. The van der Waals surface area contributed by atoms with E-state index in [1.807, 2.05) is 0 Å². The molecule has 0 bridgehead atoms. The molecule has 20 heteroatoms. The van der Waals surface area contributed by atoms with Crippen LogP contribution < -0.4 is 0 Å². The summed E-state index contributed by atoms with van der Waals surface area (Å²) in [5.41, 5.74) is 1.17. The first-order valence-corrected chi connectivity index (χ1v) is 12.2. The highest BCUT2D eigenvalue weighted by Crippen LogP contribution is 2.64. The third kappa shape index (κ3) is 6.74. The molecule has 0 aliphatic heterocycles. The van der Waals surface area contributed by atoms with Gasteiger partial charge in [-0.15, -0.1) is 0 Å². The molecule has 0 aliphatic rings. The molecule has 46 heavy (non-hydrogen) atoms. The number of rotatable bonds is 14. The Morgan fingerprint density at radius 3 is 1.30 bits per heavy atom. The Bertz CT molecular complexity index is 1320. The van der Waals surface area contributed by atoms with Gasteiger partial charge >= 0.3 is 53.6 Å². The van der Waals surface area contributed by atoms with Gasteiger partial charge in [-0.1, -0.05) is 60.7 Å². The molecule has 0 N–H and O–H groups in total. The number of carbonyl (C=O) groups is 1. The van der Waals surface area contributed by atoms with Crippen molar-refractivity contribution in [3.8, 4) is 0 Å². The molecule has 0 unspecified atom stereocenters. The Morgan fingerprint density at radius 2 is 0.913 bits per heavy atom. The summed E-state index contributed by atoms with van der Waals surface area (Å²) in [6, 6.07) is 16.0. The van der Waals surface area contributed by atoms with Gasteiger partial charge in [-0.25, -0.2) is 0 Å². The number of hydrogen-bond acceptors (Lipinski definition) is 3. The first-order chi connectivity index (χ1) is 20.7. The van der Waals surface area contributed by atoms with Crippen molar-refractivity contribution < 1.29 is 84.2 Å². The molecule has 2 aromatic carbocycles. The lowest BCUT2D eigenvalue weighted by atomic mass is 9.88. The lowest BCUT2D eigenvalue weighted by molar-refractivity contribution is -0.461. The zero-order valence-corrected chi connectivity index (χ0v) is 22.3. The second-order valence-electron chi connectivity index (χ2n) is 9.37. The van der Waals surface area contributed by atoms with E-state index < -0.39 is 79.6 Å². The number of hydrogen-bond donors (Lipinski definition) is 0. The van der Waals surface area contributed by atoms with Crippen LogP contribution in [0.15, 0.2) is 65.7 Å². The number of alkyl halides is 17. The first-order valence-electron chi connectivity index (χ1n) is 12.2. The van der Waals surface area contributed by atoms with E-state index in [-0.39, 0.29) is 5.71 Å². The second kappa shape index (κ2) is 12.9. The van der Waals surface area contributed by atoms with Crippen molar-refractivity contribution in [3.63, 3.8) is 0 Å². The number of esters is 1. The van der Waals surface area contributed by atoms with E-state index in [0.29, 0.717) is 11.1 Å². The molecular weight excluding hydrogens is 681 g/mol. The number of aliphatic imine (C=N–C) groups is 1. The molecule has 0 aliphatic carbocycles. The van der Waals surface area contributed by atoms with Gasteiger partial charge in [0.1, 0.15) is 6.54 Å². The molecule has 0 spiro atoms. The van der Waals surface area contributed by atoms with E-state index in [1.165, 1.54) is 0 Å². The number of nitrogens with zero attached hydrogens (tertiary/aromatic N) is 1. The van der Waals surface area contributed by atoms with Crippen molar-refractivity contribution in [2.45, 2.75) is 60.5 Å². The molecule has 0 atom stereocenters. The van der Waals surface area contributed by atoms with Crippen LogP contribution >= 0.6 is 0 Å². The van der Waals surface area contributed by atoms with Crippen LogP contribution in [0, 0.1) is 0 Å². The predicted octanol–water partition coefficient (Wildman–Crippen LogP) is 8.86. The highest BCUT2D eigenvalue weighted by molar-refractivity contribution is 6.13. The molecular formula is C26H18F17NO2. The predicted molar refractivity (Wildman–Crippen MR) is 124 cm³/mol. The number of benzene rings is 2. The molecule has 2 rings (SSSR count). The number of ether oxygens (including phenoxy) is 1. The van der Waals surface area contributed by atoms with E-state index in [0.717, 1.165) is 0 Å². The van der Waals surface area contributed by atoms with Gasteiger partial charge in [-0.3, -0.25) is 9.79 Å². The van der Waals surface area contributed by atoms with Crippen LogP contribution in [-0.2, 0) is 9.53 Å². The molecule has 0 radical (unpaired) electrons. The van der Waals surface area contributed by atoms with Crippen molar-refractivity contribution >= 4 is 11.7 Å². The molecule has 0 heterocycles. The summed E-state index contributed by atoms with van der Waals surface area (Å²) in [7, 11) is 0. The summed E-state index contributed by atoms with van der Waals surface area (Å²) in [6.45, 7) is -2.18. The van der Waals surface area contributed by atoms with Crippen LogP contribution in [0.25, 0.3) is 0 Å². The third-order valence-electron chi connectivity index (χ3n) is 6.15. The molecule has 0 amide bonds. The average molecular weight is 699 g/mol. The number of carbonyl (C=O) groups excluding carboxylic acids is 1. The first kappa shape index (κ1) is 38.6. The maximum absolute atomic E-state index is 14.0. The van der Waals surface area contributed by atoms with Crippen molar-refractivity contribution in [3.05, 3.63) is 71.8 Å². The zero-order valence-electron chi connectivity index (χ0n) is 22.3. The van der Waals surface area contributed by atoms with Crippen LogP contribution in [0.1, 0.15) is 24.0 Å². The van der Waals surface area contributed by atoms with E-state index >= 15 is 0 Å². The van der Waals surface area contributed by atoms with Crippen molar-refractivity contribution in [2.24, 2.45) is 4.99 Å². The minimum absolute atomic E-state index is 0.211. The van der Waals surface area contributed by atoms with Gasteiger partial charge in [-0.05, 0) is 6.42 Å². The Hall–Kier alpha value is -3.61. The Labute approximate surface area is 247 Å². The van der Waals surface area contributed by atoms with Gasteiger partial charge in [0.15, 0.2) is 0 Å². The molecule has 258 valence electrons. The maximum Gasteiger partial charge on any atom is 0.460 e. The summed E-state index contributed by atoms with van der Waals surface area (Å²) in [5.74, 6) is -58.1. The SMILES string of the molecule is O=C(CN=C(c1ccccc1)c1ccccc1)OCCCC(F)(F)C(F)(F)C(F)(F)C(F)(F)C(F)(F)C(F)(F)C(F)(F)C(F)(F)F. The van der Waals surface area contributed by atoms with E-state index in [4.69, 9.17) is 0 Å². The van der Waals surface area contributed by atoms with Gasteiger partial charge < -0.3 is 4.74 Å². The largest absolute Gasteiger partial charge is 0.464 e. The molecule has 0 saturated heterocycles. The van der Waals surface area contributed by atoms with Crippen LogP contribution in [-0.4, -0.2) is 72.5 Å². The summed E-state index contributed by atoms with van der Waals surface area (Å²) in [4.78, 5) is 16.0. The zero-order chi connectivity index (χ0) is 35.6. The fourth-order valence-corrected chi connectivity index (χ4v) is 3.56. The van der Waals surface area contributed by atoms with Gasteiger partial charge in [0.25, 0.3) is 0 Å². The van der Waals surface area contributed by atoms with Crippen molar-refractivity contribution in [2.75, 3.05) is 13.2 Å². The van der Waals surface area contributed by atoms with Gasteiger partial charge in [-0.2, -0.15) is 74.6 Å². The number of halogens is 17.